The molecule has 7 heteroatoms. The standard InChI is InChI=1S/C16H15F3N4/c17-16(18,19)11-4-5-13-14(9-11)23-15(22-13)10-20-8-6-12-3-1-2-7-21-12/h1-5,7,9,20H,6,8,10H2,(H,22,23). The maximum Gasteiger partial charge on any atom is 0.416 e. The quantitative estimate of drug-likeness (QED) is 0.709. The summed E-state index contributed by atoms with van der Waals surface area (Å²) in [5.74, 6) is 0.611. The van der Waals surface area contributed by atoms with E-state index in [0.717, 1.165) is 24.2 Å². The predicted octanol–water partition coefficient (Wildman–Crippen LogP) is 3.31. The fraction of sp³-hybridized carbons (Fsp3) is 0.250. The lowest BCUT2D eigenvalue weighted by Gasteiger charge is -2.05. The summed E-state index contributed by atoms with van der Waals surface area (Å²) in [6.07, 6.45) is -1.83. The number of alkyl halides is 3. The number of nitrogens with zero attached hydrogens (tertiary/aromatic N) is 2. The average Bonchev–Trinajstić information content (AvgIpc) is 2.93. The Bertz CT molecular complexity index is 781. The van der Waals surface area contributed by atoms with Gasteiger partial charge in [-0.1, -0.05) is 6.07 Å². The van der Waals surface area contributed by atoms with E-state index in [1.54, 1.807) is 6.20 Å². The Morgan fingerprint density at radius 2 is 2.00 bits per heavy atom. The van der Waals surface area contributed by atoms with Crippen molar-refractivity contribution in [3.8, 4) is 0 Å². The first-order valence-corrected chi connectivity index (χ1v) is 7.19. The molecule has 0 radical (unpaired) electrons. The summed E-state index contributed by atoms with van der Waals surface area (Å²) in [6, 6.07) is 9.25. The zero-order valence-electron chi connectivity index (χ0n) is 12.2. The van der Waals surface area contributed by atoms with E-state index in [9.17, 15) is 13.2 Å². The number of H-pyrrole nitrogens is 1. The lowest BCUT2D eigenvalue weighted by molar-refractivity contribution is -0.137. The number of hydrogen-bond donors (Lipinski definition) is 2. The van der Waals surface area contributed by atoms with Crippen LogP contribution in [-0.4, -0.2) is 21.5 Å². The van der Waals surface area contributed by atoms with Crippen LogP contribution in [0, 0.1) is 0 Å². The SMILES string of the molecule is FC(F)(F)c1ccc2nc(CNCCc3ccccn3)[nH]c2c1. The van der Waals surface area contributed by atoms with Crippen LogP contribution in [0.5, 0.6) is 0 Å². The van der Waals surface area contributed by atoms with E-state index < -0.39 is 11.7 Å². The van der Waals surface area contributed by atoms with Gasteiger partial charge < -0.3 is 10.3 Å². The molecular formula is C16H15F3N4. The van der Waals surface area contributed by atoms with Crippen LogP contribution in [0.1, 0.15) is 17.1 Å². The first-order chi connectivity index (χ1) is 11.0. The molecule has 0 aliphatic rings. The molecule has 2 aromatic heterocycles. The van der Waals surface area contributed by atoms with Crippen molar-refractivity contribution in [3.05, 3.63) is 59.7 Å². The Morgan fingerprint density at radius 3 is 2.74 bits per heavy atom. The maximum absolute atomic E-state index is 12.7. The van der Waals surface area contributed by atoms with Gasteiger partial charge in [0.15, 0.2) is 0 Å². The van der Waals surface area contributed by atoms with E-state index >= 15 is 0 Å². The van der Waals surface area contributed by atoms with E-state index in [-0.39, 0.29) is 0 Å². The average molecular weight is 320 g/mol. The van der Waals surface area contributed by atoms with Gasteiger partial charge >= 0.3 is 6.18 Å². The molecule has 0 bridgehead atoms. The molecule has 0 aliphatic heterocycles. The number of fused-ring (bicyclic) bond motifs is 1. The number of rotatable bonds is 5. The van der Waals surface area contributed by atoms with Crippen molar-refractivity contribution in [2.45, 2.75) is 19.1 Å². The Kier molecular flexibility index (Phi) is 4.29. The van der Waals surface area contributed by atoms with E-state index in [1.165, 1.54) is 6.07 Å². The lowest BCUT2D eigenvalue weighted by atomic mass is 10.2. The number of pyridine rings is 1. The zero-order valence-corrected chi connectivity index (χ0v) is 12.2. The van der Waals surface area contributed by atoms with Gasteiger partial charge in [-0.25, -0.2) is 4.98 Å². The number of halogens is 3. The van der Waals surface area contributed by atoms with Gasteiger partial charge in [0, 0.05) is 24.9 Å². The van der Waals surface area contributed by atoms with Crippen molar-refractivity contribution >= 4 is 11.0 Å². The Labute approximate surface area is 130 Å². The van der Waals surface area contributed by atoms with Crippen molar-refractivity contribution in [1.29, 1.82) is 0 Å². The molecule has 0 amide bonds. The van der Waals surface area contributed by atoms with Crippen LogP contribution in [-0.2, 0) is 19.1 Å². The highest BCUT2D eigenvalue weighted by atomic mass is 19.4. The van der Waals surface area contributed by atoms with Crippen LogP contribution in [0.15, 0.2) is 42.6 Å². The van der Waals surface area contributed by atoms with Crippen LogP contribution in [0.4, 0.5) is 13.2 Å². The van der Waals surface area contributed by atoms with Gasteiger partial charge in [-0.15, -0.1) is 0 Å². The van der Waals surface area contributed by atoms with Gasteiger partial charge in [0.05, 0.1) is 23.1 Å². The van der Waals surface area contributed by atoms with Crippen LogP contribution in [0.25, 0.3) is 11.0 Å². The van der Waals surface area contributed by atoms with E-state index in [1.807, 2.05) is 18.2 Å². The van der Waals surface area contributed by atoms with E-state index in [0.29, 0.717) is 29.9 Å². The summed E-state index contributed by atoms with van der Waals surface area (Å²) in [4.78, 5) is 11.4. The minimum absolute atomic E-state index is 0.390. The van der Waals surface area contributed by atoms with Crippen molar-refractivity contribution in [1.82, 2.24) is 20.3 Å². The largest absolute Gasteiger partial charge is 0.416 e. The normalized spacial score (nSPS) is 12.0. The minimum Gasteiger partial charge on any atom is -0.341 e. The first-order valence-electron chi connectivity index (χ1n) is 7.19. The fourth-order valence-corrected chi connectivity index (χ4v) is 2.29. The topological polar surface area (TPSA) is 53.6 Å². The molecule has 0 fully saturated rings. The summed E-state index contributed by atoms with van der Waals surface area (Å²) in [7, 11) is 0. The van der Waals surface area contributed by atoms with Crippen molar-refractivity contribution in [2.24, 2.45) is 0 Å². The highest BCUT2D eigenvalue weighted by Gasteiger charge is 2.30. The third-order valence-electron chi connectivity index (χ3n) is 3.43. The molecule has 0 spiro atoms. The molecule has 3 aromatic rings. The third-order valence-corrected chi connectivity index (χ3v) is 3.43. The molecule has 2 heterocycles. The second-order valence-corrected chi connectivity index (χ2v) is 5.16. The molecule has 0 saturated carbocycles. The van der Waals surface area contributed by atoms with Crippen molar-refractivity contribution in [3.63, 3.8) is 0 Å². The van der Waals surface area contributed by atoms with Gasteiger partial charge in [-0.2, -0.15) is 13.2 Å². The van der Waals surface area contributed by atoms with Gasteiger partial charge in [0.25, 0.3) is 0 Å². The number of hydrogen-bond acceptors (Lipinski definition) is 3. The number of imidazole rings is 1. The Morgan fingerprint density at radius 1 is 1.13 bits per heavy atom. The first kappa shape index (κ1) is 15.5. The summed E-state index contributed by atoms with van der Waals surface area (Å²) < 4.78 is 38.0. The van der Waals surface area contributed by atoms with Gasteiger partial charge in [0.1, 0.15) is 5.82 Å². The molecular weight excluding hydrogens is 305 g/mol. The van der Waals surface area contributed by atoms with Crippen LogP contribution < -0.4 is 5.32 Å². The second kappa shape index (κ2) is 6.37. The molecule has 23 heavy (non-hydrogen) atoms. The van der Waals surface area contributed by atoms with Crippen LogP contribution in [0.2, 0.25) is 0 Å². The summed E-state index contributed by atoms with van der Waals surface area (Å²) in [6.45, 7) is 1.17. The van der Waals surface area contributed by atoms with Gasteiger partial charge in [0.2, 0.25) is 0 Å². The molecule has 2 N–H and O–H groups in total. The Balaban J connectivity index is 1.60. The molecule has 1 aromatic carbocycles. The highest BCUT2D eigenvalue weighted by molar-refractivity contribution is 5.76. The van der Waals surface area contributed by atoms with Crippen molar-refractivity contribution in [2.75, 3.05) is 6.54 Å². The smallest absolute Gasteiger partial charge is 0.341 e. The number of nitrogens with one attached hydrogen (secondary N) is 2. The summed E-state index contributed by atoms with van der Waals surface area (Å²) in [5.41, 5.74) is 1.23. The van der Waals surface area contributed by atoms with Crippen LogP contribution in [0.3, 0.4) is 0 Å². The predicted molar refractivity (Wildman–Crippen MR) is 80.7 cm³/mol. The summed E-state index contributed by atoms with van der Waals surface area (Å²) in [5, 5.41) is 3.20. The lowest BCUT2D eigenvalue weighted by Crippen LogP contribution is -2.17. The molecule has 3 rings (SSSR count). The van der Waals surface area contributed by atoms with Crippen molar-refractivity contribution < 1.29 is 13.2 Å². The molecule has 0 saturated heterocycles. The molecule has 0 aliphatic carbocycles. The molecule has 0 atom stereocenters. The second-order valence-electron chi connectivity index (χ2n) is 5.16. The Hall–Kier alpha value is -2.41. The molecule has 4 nitrogen and oxygen atoms in total. The van der Waals surface area contributed by atoms with Gasteiger partial charge in [-0.3, -0.25) is 4.98 Å². The third kappa shape index (κ3) is 3.87. The zero-order chi connectivity index (χ0) is 16.3. The highest BCUT2D eigenvalue weighted by Crippen LogP contribution is 2.30. The fourth-order valence-electron chi connectivity index (χ4n) is 2.29. The number of benzene rings is 1. The molecule has 0 unspecified atom stereocenters. The minimum atomic E-state index is -4.35. The number of aromatic amines is 1. The summed E-state index contributed by atoms with van der Waals surface area (Å²) >= 11 is 0. The van der Waals surface area contributed by atoms with E-state index in [2.05, 4.69) is 20.3 Å². The number of aromatic nitrogens is 3. The maximum atomic E-state index is 12.7. The monoisotopic (exact) mass is 320 g/mol. The molecule has 120 valence electrons. The van der Waals surface area contributed by atoms with Crippen LogP contribution >= 0.6 is 0 Å². The van der Waals surface area contributed by atoms with E-state index in [4.69, 9.17) is 0 Å². The van der Waals surface area contributed by atoms with Gasteiger partial charge in [-0.05, 0) is 30.3 Å².